The Hall–Kier alpha value is -1.36. The Morgan fingerprint density at radius 1 is 1.15 bits per heavy atom. The molecule has 0 saturated heterocycles. The van der Waals surface area contributed by atoms with Crippen LogP contribution in [-0.2, 0) is 6.42 Å². The number of benzene rings is 2. The standard InChI is InChI=1S/C17H18INO/c1-2-3-4-13-5-8-15(9-6-13)19-12-14-7-10-17(20)16(18)11-14/h5-12,20H,2-4H2,1H3. The number of rotatable bonds is 5. The van der Waals surface area contributed by atoms with Crippen molar-refractivity contribution in [1.82, 2.24) is 0 Å². The molecule has 0 heterocycles. The van der Waals surface area contributed by atoms with Crippen LogP contribution in [0.4, 0.5) is 5.69 Å². The van der Waals surface area contributed by atoms with E-state index in [1.807, 2.05) is 30.5 Å². The number of hydrogen-bond acceptors (Lipinski definition) is 2. The highest BCUT2D eigenvalue weighted by Crippen LogP contribution is 2.20. The number of aromatic hydroxyl groups is 1. The molecule has 1 N–H and O–H groups in total. The van der Waals surface area contributed by atoms with Crippen LogP contribution in [0.5, 0.6) is 5.75 Å². The molecular formula is C17H18INO. The second-order valence-corrected chi connectivity index (χ2v) is 5.90. The molecule has 0 bridgehead atoms. The van der Waals surface area contributed by atoms with Gasteiger partial charge in [-0.15, -0.1) is 0 Å². The van der Waals surface area contributed by atoms with Crippen LogP contribution in [0.1, 0.15) is 30.9 Å². The highest BCUT2D eigenvalue weighted by atomic mass is 127. The van der Waals surface area contributed by atoms with Crippen molar-refractivity contribution < 1.29 is 5.11 Å². The van der Waals surface area contributed by atoms with Crippen LogP contribution < -0.4 is 0 Å². The van der Waals surface area contributed by atoms with Crippen LogP contribution in [0.25, 0.3) is 0 Å². The van der Waals surface area contributed by atoms with Crippen molar-refractivity contribution in [3.8, 4) is 5.75 Å². The molecule has 2 nitrogen and oxygen atoms in total. The molecule has 0 unspecified atom stereocenters. The van der Waals surface area contributed by atoms with Crippen molar-refractivity contribution >= 4 is 34.5 Å². The fourth-order valence-corrected chi connectivity index (χ4v) is 2.42. The van der Waals surface area contributed by atoms with Gasteiger partial charge in [0.2, 0.25) is 0 Å². The van der Waals surface area contributed by atoms with E-state index in [0.717, 1.165) is 21.2 Å². The number of nitrogens with zero attached hydrogens (tertiary/aromatic N) is 1. The number of hydrogen-bond donors (Lipinski definition) is 1. The summed E-state index contributed by atoms with van der Waals surface area (Å²) < 4.78 is 0.835. The van der Waals surface area contributed by atoms with E-state index in [4.69, 9.17) is 0 Å². The quantitative estimate of drug-likeness (QED) is 0.570. The summed E-state index contributed by atoms with van der Waals surface area (Å²) in [6, 6.07) is 13.8. The maximum atomic E-state index is 9.48. The molecule has 0 spiro atoms. The van der Waals surface area contributed by atoms with Gasteiger partial charge in [0.15, 0.2) is 0 Å². The van der Waals surface area contributed by atoms with Crippen molar-refractivity contribution in [3.63, 3.8) is 0 Å². The second kappa shape index (κ2) is 7.43. The zero-order chi connectivity index (χ0) is 14.4. The third kappa shape index (κ3) is 4.34. The van der Waals surface area contributed by atoms with Gasteiger partial charge in [-0.25, -0.2) is 0 Å². The summed E-state index contributed by atoms with van der Waals surface area (Å²) in [5.74, 6) is 0.308. The van der Waals surface area contributed by atoms with Gasteiger partial charge in [-0.05, 0) is 76.9 Å². The molecule has 2 aromatic carbocycles. The predicted octanol–water partition coefficient (Wildman–Crippen LogP) is 5.09. The smallest absolute Gasteiger partial charge is 0.128 e. The highest BCUT2D eigenvalue weighted by molar-refractivity contribution is 14.1. The summed E-state index contributed by atoms with van der Waals surface area (Å²) in [6.07, 6.45) is 5.41. The summed E-state index contributed by atoms with van der Waals surface area (Å²) in [5, 5.41) is 9.48. The predicted molar refractivity (Wildman–Crippen MR) is 93.1 cm³/mol. The lowest BCUT2D eigenvalue weighted by molar-refractivity contribution is 0.471. The average Bonchev–Trinajstić information content (AvgIpc) is 2.47. The first-order valence-electron chi connectivity index (χ1n) is 6.80. The first kappa shape index (κ1) is 15.0. The lowest BCUT2D eigenvalue weighted by Gasteiger charge is -2.01. The number of unbranched alkanes of at least 4 members (excludes halogenated alkanes) is 1. The van der Waals surface area contributed by atoms with Gasteiger partial charge in [0.05, 0.1) is 9.26 Å². The minimum atomic E-state index is 0.308. The number of aryl methyl sites for hydroxylation is 1. The maximum Gasteiger partial charge on any atom is 0.128 e. The third-order valence-electron chi connectivity index (χ3n) is 3.09. The summed E-state index contributed by atoms with van der Waals surface area (Å²) in [5.41, 5.74) is 3.31. The Kier molecular flexibility index (Phi) is 5.59. The molecule has 3 heteroatoms. The van der Waals surface area contributed by atoms with Gasteiger partial charge in [-0.2, -0.15) is 0 Å². The number of aliphatic imine (C=N–C) groups is 1. The molecule has 0 aromatic heterocycles. The van der Waals surface area contributed by atoms with Crippen LogP contribution in [0.3, 0.4) is 0 Å². The van der Waals surface area contributed by atoms with Gasteiger partial charge in [-0.1, -0.05) is 25.5 Å². The average molecular weight is 379 g/mol. The Morgan fingerprint density at radius 3 is 2.55 bits per heavy atom. The van der Waals surface area contributed by atoms with Crippen LogP contribution in [0, 0.1) is 3.57 Å². The summed E-state index contributed by atoms with van der Waals surface area (Å²) in [4.78, 5) is 4.46. The Labute approximate surface area is 133 Å². The minimum absolute atomic E-state index is 0.308. The van der Waals surface area contributed by atoms with E-state index in [2.05, 4.69) is 46.6 Å². The zero-order valence-corrected chi connectivity index (χ0v) is 13.7. The molecule has 0 aliphatic rings. The van der Waals surface area contributed by atoms with E-state index in [9.17, 15) is 5.11 Å². The van der Waals surface area contributed by atoms with Gasteiger partial charge in [0.25, 0.3) is 0 Å². The molecule has 0 saturated carbocycles. The largest absolute Gasteiger partial charge is 0.507 e. The van der Waals surface area contributed by atoms with E-state index >= 15 is 0 Å². The Bertz CT molecular complexity index is 590. The van der Waals surface area contributed by atoms with E-state index in [-0.39, 0.29) is 0 Å². The molecule has 2 aromatic rings. The highest BCUT2D eigenvalue weighted by Gasteiger charge is 1.97. The van der Waals surface area contributed by atoms with Crippen molar-refractivity contribution in [2.75, 3.05) is 0 Å². The van der Waals surface area contributed by atoms with Crippen LogP contribution >= 0.6 is 22.6 Å². The molecule has 0 aliphatic heterocycles. The molecule has 0 atom stereocenters. The van der Waals surface area contributed by atoms with Gasteiger partial charge in [0, 0.05) is 6.21 Å². The lowest BCUT2D eigenvalue weighted by atomic mass is 10.1. The number of phenols is 1. The monoisotopic (exact) mass is 379 g/mol. The third-order valence-corrected chi connectivity index (χ3v) is 3.95. The van der Waals surface area contributed by atoms with Gasteiger partial charge >= 0.3 is 0 Å². The first-order valence-corrected chi connectivity index (χ1v) is 7.88. The molecule has 20 heavy (non-hydrogen) atoms. The maximum absolute atomic E-state index is 9.48. The van der Waals surface area contributed by atoms with Crippen LogP contribution in [-0.4, -0.2) is 11.3 Å². The topological polar surface area (TPSA) is 32.6 Å². The lowest BCUT2D eigenvalue weighted by Crippen LogP contribution is -1.84. The summed E-state index contributed by atoms with van der Waals surface area (Å²) in [6.45, 7) is 2.21. The molecule has 0 amide bonds. The van der Waals surface area contributed by atoms with E-state index in [0.29, 0.717) is 5.75 Å². The Balaban J connectivity index is 2.05. The van der Waals surface area contributed by atoms with Crippen molar-refractivity contribution in [3.05, 3.63) is 57.2 Å². The van der Waals surface area contributed by atoms with Gasteiger partial charge in [-0.3, -0.25) is 4.99 Å². The van der Waals surface area contributed by atoms with E-state index in [1.165, 1.54) is 18.4 Å². The molecule has 2 rings (SSSR count). The molecule has 104 valence electrons. The first-order chi connectivity index (χ1) is 9.69. The Morgan fingerprint density at radius 2 is 1.90 bits per heavy atom. The van der Waals surface area contributed by atoms with Crippen molar-refractivity contribution in [2.24, 2.45) is 4.99 Å². The fraction of sp³-hybridized carbons (Fsp3) is 0.235. The molecule has 0 radical (unpaired) electrons. The van der Waals surface area contributed by atoms with Crippen molar-refractivity contribution in [2.45, 2.75) is 26.2 Å². The normalized spacial score (nSPS) is 11.1. The summed E-state index contributed by atoms with van der Waals surface area (Å²) in [7, 11) is 0. The molecule has 0 aliphatic carbocycles. The van der Waals surface area contributed by atoms with Crippen molar-refractivity contribution in [1.29, 1.82) is 0 Å². The number of halogens is 1. The minimum Gasteiger partial charge on any atom is -0.507 e. The van der Waals surface area contributed by atoms with Crippen LogP contribution in [0.2, 0.25) is 0 Å². The second-order valence-electron chi connectivity index (χ2n) is 4.74. The fourth-order valence-electron chi connectivity index (χ4n) is 1.88. The van der Waals surface area contributed by atoms with Gasteiger partial charge < -0.3 is 5.11 Å². The number of phenolic OH excluding ortho intramolecular Hbond substituents is 1. The molecular weight excluding hydrogens is 361 g/mol. The van der Waals surface area contributed by atoms with Gasteiger partial charge in [0.1, 0.15) is 5.75 Å². The molecule has 0 fully saturated rings. The van der Waals surface area contributed by atoms with E-state index < -0.39 is 0 Å². The summed E-state index contributed by atoms with van der Waals surface area (Å²) >= 11 is 2.11. The van der Waals surface area contributed by atoms with Crippen LogP contribution in [0.15, 0.2) is 47.5 Å². The van der Waals surface area contributed by atoms with E-state index in [1.54, 1.807) is 6.07 Å². The zero-order valence-electron chi connectivity index (χ0n) is 11.5. The SMILES string of the molecule is CCCCc1ccc(N=Cc2ccc(O)c(I)c2)cc1.